The summed E-state index contributed by atoms with van der Waals surface area (Å²) in [5.41, 5.74) is 3.42. The van der Waals surface area contributed by atoms with Gasteiger partial charge in [0, 0.05) is 16.7 Å². The van der Waals surface area contributed by atoms with Gasteiger partial charge in [0.2, 0.25) is 5.78 Å². The Kier molecular flexibility index (Phi) is 6.05. The molecule has 4 rings (SSSR count). The second kappa shape index (κ2) is 8.90. The Bertz CT molecular complexity index is 1090. The van der Waals surface area contributed by atoms with Crippen LogP contribution in [-0.2, 0) is 4.79 Å². The maximum atomic E-state index is 13.9. The van der Waals surface area contributed by atoms with Gasteiger partial charge in [-0.3, -0.25) is 4.79 Å². The highest BCUT2D eigenvalue weighted by Crippen LogP contribution is 2.45. The Morgan fingerprint density at radius 1 is 0.968 bits per heavy atom. The van der Waals surface area contributed by atoms with Crippen molar-refractivity contribution < 1.29 is 9.53 Å². The van der Waals surface area contributed by atoms with Gasteiger partial charge in [-0.25, -0.2) is 0 Å². The Labute approximate surface area is 187 Å². The molecule has 3 aromatic rings. The fraction of sp³-hybridized carbons (Fsp3) is 0.192. The van der Waals surface area contributed by atoms with E-state index >= 15 is 0 Å². The van der Waals surface area contributed by atoms with Crippen molar-refractivity contribution >= 4 is 28.1 Å². The lowest BCUT2D eigenvalue weighted by molar-refractivity contribution is -0.116. The average Bonchev–Trinajstić information content (AvgIpc) is 3.14. The molecule has 1 aliphatic rings. The number of methoxy groups -OCH3 is 1. The Balaban J connectivity index is 1.76. The van der Waals surface area contributed by atoms with Gasteiger partial charge in [0.25, 0.3) is 0 Å². The fourth-order valence-corrected chi connectivity index (χ4v) is 4.80. The Morgan fingerprint density at radius 3 is 2.32 bits per heavy atom. The average molecular weight is 431 g/mol. The van der Waals surface area contributed by atoms with Crippen LogP contribution in [0.4, 0.5) is 5.69 Å². The first-order chi connectivity index (χ1) is 15.0. The van der Waals surface area contributed by atoms with Crippen molar-refractivity contribution in [3.8, 4) is 5.75 Å². The summed E-state index contributed by atoms with van der Waals surface area (Å²) in [7, 11) is 1.64. The summed E-state index contributed by atoms with van der Waals surface area (Å²) in [6.07, 6.45) is 0. The minimum Gasteiger partial charge on any atom is -0.497 e. The van der Waals surface area contributed by atoms with E-state index in [1.807, 2.05) is 84.9 Å². The third kappa shape index (κ3) is 4.78. The lowest BCUT2D eigenvalue weighted by Gasteiger charge is -2.23. The van der Waals surface area contributed by atoms with Crippen molar-refractivity contribution in [2.24, 2.45) is 0 Å². The number of thioether (sulfide) groups is 1. The lowest BCUT2D eigenvalue weighted by Crippen LogP contribution is -2.35. The molecule has 31 heavy (non-hydrogen) atoms. The fourth-order valence-electron chi connectivity index (χ4n) is 3.63. The number of benzene rings is 3. The molecule has 0 fully saturated rings. The summed E-state index contributed by atoms with van der Waals surface area (Å²) < 4.78 is 5.35. The molecule has 4 nitrogen and oxygen atoms in total. The number of carbonyl (C=O) groups excluding carboxylic acids is 1. The molecule has 0 aliphatic carbocycles. The smallest absolute Gasteiger partial charge is 0.206 e. The molecule has 1 atom stereocenters. The molecule has 1 unspecified atom stereocenters. The second-order valence-corrected chi connectivity index (χ2v) is 9.52. The van der Waals surface area contributed by atoms with Gasteiger partial charge >= 0.3 is 0 Å². The van der Waals surface area contributed by atoms with Crippen LogP contribution in [0.25, 0.3) is 4.91 Å². The minimum absolute atomic E-state index is 0.00551. The van der Waals surface area contributed by atoms with Crippen LogP contribution >= 0.6 is 11.8 Å². The number of ether oxygens (including phenoxy) is 1. The van der Waals surface area contributed by atoms with E-state index < -0.39 is 6.04 Å². The molecule has 0 saturated carbocycles. The molecule has 3 aromatic carbocycles. The topological polar surface area (TPSA) is 50.4 Å². The zero-order chi connectivity index (χ0) is 21.8. The number of hydrogen-bond donors (Lipinski definition) is 2. The summed E-state index contributed by atoms with van der Waals surface area (Å²) in [5.74, 6) is 0.745. The minimum atomic E-state index is -0.538. The maximum absolute atomic E-state index is 13.9. The molecule has 1 aliphatic heterocycles. The predicted octanol–water partition coefficient (Wildman–Crippen LogP) is 5.86. The molecule has 0 aromatic heterocycles. The number of hydrogen-bond acceptors (Lipinski definition) is 5. The van der Waals surface area contributed by atoms with Crippen LogP contribution in [0.3, 0.4) is 0 Å². The highest BCUT2D eigenvalue weighted by Gasteiger charge is 2.37. The number of ketones is 1. The zero-order valence-electron chi connectivity index (χ0n) is 17.9. The lowest BCUT2D eigenvalue weighted by atomic mass is 9.98. The number of Topliss-reactive ketones (excluding diaryl/α,β-unsaturated/α-hetero) is 1. The van der Waals surface area contributed by atoms with E-state index in [2.05, 4.69) is 24.5 Å². The van der Waals surface area contributed by atoms with Gasteiger partial charge in [-0.2, -0.15) is 0 Å². The first-order valence-electron chi connectivity index (χ1n) is 10.2. The highest BCUT2D eigenvalue weighted by molar-refractivity contribution is 8.09. The van der Waals surface area contributed by atoms with Gasteiger partial charge in [0.15, 0.2) is 0 Å². The van der Waals surface area contributed by atoms with Crippen LogP contribution in [0.1, 0.15) is 31.0 Å². The quantitative estimate of drug-likeness (QED) is 0.492. The second-order valence-electron chi connectivity index (χ2n) is 7.89. The van der Waals surface area contributed by atoms with Crippen LogP contribution in [0.15, 0.2) is 90.6 Å². The van der Waals surface area contributed by atoms with Gasteiger partial charge in [0.05, 0.1) is 17.7 Å². The molecule has 5 heteroatoms. The predicted molar refractivity (Wildman–Crippen MR) is 129 cm³/mol. The van der Waals surface area contributed by atoms with Crippen molar-refractivity contribution in [2.75, 3.05) is 12.4 Å². The summed E-state index contributed by atoms with van der Waals surface area (Å²) in [4.78, 5) is 14.7. The van der Waals surface area contributed by atoms with Crippen molar-refractivity contribution in [3.05, 3.63) is 102 Å². The number of anilines is 1. The Morgan fingerprint density at radius 2 is 1.65 bits per heavy atom. The number of carbonyl (C=O) groups is 1. The van der Waals surface area contributed by atoms with E-state index in [-0.39, 0.29) is 10.7 Å². The van der Waals surface area contributed by atoms with Crippen LogP contribution in [0.5, 0.6) is 5.75 Å². The third-order valence-electron chi connectivity index (χ3n) is 5.07. The molecular weight excluding hydrogens is 404 g/mol. The first kappa shape index (κ1) is 21.1. The number of nitrogens with one attached hydrogen (secondary N) is 2. The zero-order valence-corrected chi connectivity index (χ0v) is 18.7. The SMILES string of the molecule is COc1cccc(NC(C(=O)C2=C(c3ccccc3)SC(C)(C)N2)c2ccccc2)c1. The summed E-state index contributed by atoms with van der Waals surface area (Å²) in [6.45, 7) is 4.18. The molecule has 1 heterocycles. The first-order valence-corrected chi connectivity index (χ1v) is 11.1. The van der Waals surface area contributed by atoms with E-state index in [1.165, 1.54) is 0 Å². The van der Waals surface area contributed by atoms with Crippen LogP contribution in [0, 0.1) is 0 Å². The molecular formula is C26H26N2O2S. The van der Waals surface area contributed by atoms with Gasteiger partial charge in [0.1, 0.15) is 11.8 Å². The summed E-state index contributed by atoms with van der Waals surface area (Å²) in [5, 5.41) is 6.90. The van der Waals surface area contributed by atoms with Gasteiger partial charge in [-0.15, -0.1) is 0 Å². The van der Waals surface area contributed by atoms with E-state index in [0.29, 0.717) is 5.70 Å². The third-order valence-corrected chi connectivity index (χ3v) is 6.32. The van der Waals surface area contributed by atoms with Crippen molar-refractivity contribution in [1.82, 2.24) is 5.32 Å². The molecule has 0 bridgehead atoms. The normalized spacial score (nSPS) is 15.8. The van der Waals surface area contributed by atoms with Crippen LogP contribution < -0.4 is 15.4 Å². The van der Waals surface area contributed by atoms with Crippen molar-refractivity contribution in [3.63, 3.8) is 0 Å². The molecule has 2 N–H and O–H groups in total. The monoisotopic (exact) mass is 430 g/mol. The molecule has 158 valence electrons. The van der Waals surface area contributed by atoms with Gasteiger partial charge in [-0.1, -0.05) is 78.5 Å². The van der Waals surface area contributed by atoms with E-state index in [4.69, 9.17) is 4.74 Å². The summed E-state index contributed by atoms with van der Waals surface area (Å²) >= 11 is 1.68. The van der Waals surface area contributed by atoms with E-state index in [1.54, 1.807) is 18.9 Å². The summed E-state index contributed by atoms with van der Waals surface area (Å²) in [6, 6.07) is 27.0. The standard InChI is InChI=1S/C26H26N2O2S/c1-26(2)28-23(25(31-26)19-13-8-5-9-14-19)24(29)22(18-11-6-4-7-12-18)27-20-15-10-16-21(17-20)30-3/h4-17,22,27-28H,1-3H3. The largest absolute Gasteiger partial charge is 0.497 e. The van der Waals surface area contributed by atoms with Crippen LogP contribution in [-0.4, -0.2) is 17.8 Å². The number of rotatable bonds is 7. The molecule has 0 spiro atoms. The molecule has 0 saturated heterocycles. The molecule has 0 radical (unpaired) electrons. The highest BCUT2D eigenvalue weighted by atomic mass is 32.2. The van der Waals surface area contributed by atoms with Crippen molar-refractivity contribution in [1.29, 1.82) is 0 Å². The van der Waals surface area contributed by atoms with Gasteiger partial charge < -0.3 is 15.4 Å². The Hall–Kier alpha value is -3.18. The molecule has 0 amide bonds. The van der Waals surface area contributed by atoms with Crippen LogP contribution in [0.2, 0.25) is 0 Å². The van der Waals surface area contributed by atoms with Gasteiger partial charge in [-0.05, 0) is 37.1 Å². The van der Waals surface area contributed by atoms with Crippen molar-refractivity contribution in [2.45, 2.75) is 24.8 Å². The maximum Gasteiger partial charge on any atom is 0.206 e. The van der Waals surface area contributed by atoms with E-state index in [0.717, 1.165) is 27.5 Å². The van der Waals surface area contributed by atoms with E-state index in [9.17, 15) is 4.79 Å².